The first-order valence-electron chi connectivity index (χ1n) is 6.58. The number of rotatable bonds is 5. The van der Waals surface area contributed by atoms with Crippen molar-refractivity contribution >= 4 is 6.01 Å². The smallest absolute Gasteiger partial charge is 0.297 e. The number of hydrogen-bond donors (Lipinski definition) is 1. The predicted molar refractivity (Wildman–Crippen MR) is 69.1 cm³/mol. The maximum Gasteiger partial charge on any atom is 0.297 e. The van der Waals surface area contributed by atoms with Crippen molar-refractivity contribution in [3.8, 4) is 0 Å². The number of nitrogens with one attached hydrogen (secondary N) is 1. The second kappa shape index (κ2) is 5.54. The largest absolute Gasteiger partial charge is 0.432 e. The van der Waals surface area contributed by atoms with Gasteiger partial charge < -0.3 is 14.6 Å². The van der Waals surface area contributed by atoms with E-state index < -0.39 is 0 Å². The van der Waals surface area contributed by atoms with Crippen LogP contribution in [0.1, 0.15) is 39.3 Å². The van der Waals surface area contributed by atoms with Gasteiger partial charge in [0.05, 0.1) is 5.69 Å². The molecule has 0 bridgehead atoms. The Labute approximate surface area is 103 Å². The predicted octanol–water partition coefficient (Wildman–Crippen LogP) is 2.41. The average Bonchev–Trinajstić information content (AvgIpc) is 2.86. The van der Waals surface area contributed by atoms with Crippen molar-refractivity contribution in [2.75, 3.05) is 18.0 Å². The van der Waals surface area contributed by atoms with Crippen molar-refractivity contribution in [3.63, 3.8) is 0 Å². The summed E-state index contributed by atoms with van der Waals surface area (Å²) in [6, 6.07) is 1.35. The van der Waals surface area contributed by atoms with Crippen molar-refractivity contribution in [2.24, 2.45) is 5.92 Å². The fourth-order valence-corrected chi connectivity index (χ4v) is 2.22. The Morgan fingerprint density at radius 2 is 2.41 bits per heavy atom. The molecular formula is C13H23N3O. The Morgan fingerprint density at radius 3 is 3.06 bits per heavy atom. The van der Waals surface area contributed by atoms with Crippen molar-refractivity contribution < 1.29 is 4.42 Å². The highest BCUT2D eigenvalue weighted by atomic mass is 16.4. The van der Waals surface area contributed by atoms with Crippen LogP contribution in [0.15, 0.2) is 10.7 Å². The highest BCUT2D eigenvalue weighted by Crippen LogP contribution is 2.24. The van der Waals surface area contributed by atoms with Crippen molar-refractivity contribution in [2.45, 2.75) is 46.2 Å². The summed E-state index contributed by atoms with van der Waals surface area (Å²) in [5.74, 6) is 0.667. The Morgan fingerprint density at radius 1 is 1.59 bits per heavy atom. The van der Waals surface area contributed by atoms with Crippen LogP contribution in [-0.2, 0) is 6.54 Å². The first-order chi connectivity index (χ1) is 8.16. The molecule has 1 aliphatic rings. The Bertz CT molecular complexity index is 348. The Hall–Kier alpha value is -1.03. The van der Waals surface area contributed by atoms with Gasteiger partial charge in [-0.3, -0.25) is 0 Å². The van der Waals surface area contributed by atoms with Gasteiger partial charge in [0.2, 0.25) is 0 Å². The van der Waals surface area contributed by atoms with Crippen LogP contribution in [-0.4, -0.2) is 24.1 Å². The summed E-state index contributed by atoms with van der Waals surface area (Å²) in [5.41, 5.74) is 1.000. The molecular weight excluding hydrogens is 214 g/mol. The van der Waals surface area contributed by atoms with Crippen LogP contribution in [0.5, 0.6) is 0 Å². The van der Waals surface area contributed by atoms with E-state index in [-0.39, 0.29) is 0 Å². The van der Waals surface area contributed by atoms with Crippen LogP contribution >= 0.6 is 0 Å². The van der Waals surface area contributed by atoms with Gasteiger partial charge in [-0.05, 0) is 32.2 Å². The van der Waals surface area contributed by atoms with E-state index in [9.17, 15) is 0 Å². The lowest BCUT2D eigenvalue weighted by atomic mass is 10.2. The zero-order chi connectivity index (χ0) is 12.3. The lowest BCUT2D eigenvalue weighted by Gasteiger charge is -2.18. The molecule has 0 spiro atoms. The summed E-state index contributed by atoms with van der Waals surface area (Å²) >= 11 is 0. The van der Waals surface area contributed by atoms with E-state index >= 15 is 0 Å². The second-order valence-electron chi connectivity index (χ2n) is 5.33. The first-order valence-corrected chi connectivity index (χ1v) is 6.58. The first kappa shape index (κ1) is 12.4. The van der Waals surface area contributed by atoms with E-state index in [0.29, 0.717) is 12.0 Å². The fraction of sp³-hybridized carbons (Fsp3) is 0.769. The minimum absolute atomic E-state index is 0.560. The summed E-state index contributed by atoms with van der Waals surface area (Å²) in [4.78, 5) is 6.79. The molecule has 4 nitrogen and oxygen atoms in total. The molecule has 1 aromatic heterocycles. The zero-order valence-corrected chi connectivity index (χ0v) is 11.1. The fourth-order valence-electron chi connectivity index (χ4n) is 2.22. The van der Waals surface area contributed by atoms with Gasteiger partial charge >= 0.3 is 0 Å². The van der Waals surface area contributed by atoms with Crippen LogP contribution in [0.4, 0.5) is 6.01 Å². The normalized spacial score (nSPS) is 20.5. The molecule has 2 rings (SSSR count). The monoisotopic (exact) mass is 237 g/mol. The Kier molecular flexibility index (Phi) is 4.05. The van der Waals surface area contributed by atoms with Gasteiger partial charge in [-0.2, -0.15) is 4.98 Å². The number of nitrogens with zero attached hydrogens (tertiary/aromatic N) is 2. The molecule has 1 fully saturated rings. The van der Waals surface area contributed by atoms with Gasteiger partial charge in [0, 0.05) is 19.1 Å². The molecule has 1 aromatic rings. The molecule has 0 radical (unpaired) electrons. The Balaban J connectivity index is 1.87. The minimum Gasteiger partial charge on any atom is -0.432 e. The summed E-state index contributed by atoms with van der Waals surface area (Å²) in [6.45, 7) is 9.51. The molecule has 1 aliphatic heterocycles. The number of oxazole rings is 1. The third kappa shape index (κ3) is 3.22. The molecule has 1 N–H and O–H groups in total. The van der Waals surface area contributed by atoms with Gasteiger partial charge in [-0.15, -0.1) is 0 Å². The third-order valence-electron chi connectivity index (χ3n) is 3.20. The van der Waals surface area contributed by atoms with Crippen molar-refractivity contribution in [1.82, 2.24) is 10.3 Å². The molecule has 0 aromatic carbocycles. The van der Waals surface area contributed by atoms with Crippen LogP contribution in [0.3, 0.4) is 0 Å². The van der Waals surface area contributed by atoms with E-state index in [1.54, 1.807) is 6.26 Å². The number of anilines is 1. The molecule has 0 saturated carbocycles. The zero-order valence-electron chi connectivity index (χ0n) is 11.1. The molecule has 1 unspecified atom stereocenters. The van der Waals surface area contributed by atoms with E-state index in [1.165, 1.54) is 12.8 Å². The topological polar surface area (TPSA) is 41.3 Å². The van der Waals surface area contributed by atoms with E-state index in [2.05, 4.69) is 36.0 Å². The van der Waals surface area contributed by atoms with Crippen LogP contribution in [0.25, 0.3) is 0 Å². The summed E-state index contributed by atoms with van der Waals surface area (Å²) in [6.07, 6.45) is 4.25. The van der Waals surface area contributed by atoms with Gasteiger partial charge in [0.25, 0.3) is 6.01 Å². The molecule has 1 saturated heterocycles. The SMILES string of the molecule is CC(C)CNCc1coc(N2CCCC2C)n1. The van der Waals surface area contributed by atoms with E-state index in [1.807, 2.05) is 0 Å². The van der Waals surface area contributed by atoms with Gasteiger partial charge in [-0.25, -0.2) is 0 Å². The molecule has 4 heteroatoms. The highest BCUT2D eigenvalue weighted by Gasteiger charge is 2.24. The maximum absolute atomic E-state index is 5.55. The summed E-state index contributed by atoms with van der Waals surface area (Å²) < 4.78 is 5.55. The minimum atomic E-state index is 0.560. The maximum atomic E-state index is 5.55. The van der Waals surface area contributed by atoms with Gasteiger partial charge in [0.15, 0.2) is 0 Å². The van der Waals surface area contributed by atoms with Crippen molar-refractivity contribution in [3.05, 3.63) is 12.0 Å². The molecule has 17 heavy (non-hydrogen) atoms. The van der Waals surface area contributed by atoms with Crippen molar-refractivity contribution in [1.29, 1.82) is 0 Å². The highest BCUT2D eigenvalue weighted by molar-refractivity contribution is 5.30. The van der Waals surface area contributed by atoms with Crippen LogP contribution in [0.2, 0.25) is 0 Å². The van der Waals surface area contributed by atoms with Crippen LogP contribution in [0, 0.1) is 5.92 Å². The van der Waals surface area contributed by atoms with E-state index in [4.69, 9.17) is 4.42 Å². The molecule has 2 heterocycles. The number of hydrogen-bond acceptors (Lipinski definition) is 4. The van der Waals surface area contributed by atoms with Gasteiger partial charge in [-0.1, -0.05) is 13.8 Å². The molecule has 96 valence electrons. The average molecular weight is 237 g/mol. The lowest BCUT2D eigenvalue weighted by Crippen LogP contribution is -2.26. The summed E-state index contributed by atoms with van der Waals surface area (Å²) in [5, 5.41) is 3.38. The van der Waals surface area contributed by atoms with Gasteiger partial charge in [0.1, 0.15) is 6.26 Å². The van der Waals surface area contributed by atoms with Crippen LogP contribution < -0.4 is 10.2 Å². The lowest BCUT2D eigenvalue weighted by molar-refractivity contribution is 0.525. The summed E-state index contributed by atoms with van der Waals surface area (Å²) in [7, 11) is 0. The molecule has 0 aliphatic carbocycles. The standard InChI is InChI=1S/C13H23N3O/c1-10(2)7-14-8-12-9-17-13(15-12)16-6-4-5-11(16)3/h9-11,14H,4-8H2,1-3H3. The second-order valence-corrected chi connectivity index (χ2v) is 5.33. The van der Waals surface area contributed by atoms with E-state index in [0.717, 1.165) is 31.3 Å². The molecule has 1 atom stereocenters. The molecule has 0 amide bonds. The number of aromatic nitrogens is 1. The third-order valence-corrected chi connectivity index (χ3v) is 3.20. The quantitative estimate of drug-likeness (QED) is 0.854.